The molecule has 0 aromatic heterocycles. The van der Waals surface area contributed by atoms with E-state index < -0.39 is 11.7 Å². The molecule has 1 aliphatic rings. The molecule has 3 N–H and O–H groups in total. The zero-order chi connectivity index (χ0) is 17.3. The number of alkyl carbamates (subject to hydrolysis) is 1. The van der Waals surface area contributed by atoms with Gasteiger partial charge in [-0.3, -0.25) is 9.59 Å². The second-order valence-electron chi connectivity index (χ2n) is 6.51. The zero-order valence-electron chi connectivity index (χ0n) is 14.2. The van der Waals surface area contributed by atoms with Crippen LogP contribution < -0.4 is 16.0 Å². The Bertz CT molecular complexity index is 458. The molecular formula is C16H27N3O4. The quantitative estimate of drug-likeness (QED) is 0.506. The predicted molar refractivity (Wildman–Crippen MR) is 86.8 cm³/mol. The first-order valence-corrected chi connectivity index (χ1v) is 7.97. The molecule has 0 saturated heterocycles. The van der Waals surface area contributed by atoms with E-state index in [9.17, 15) is 14.4 Å². The Morgan fingerprint density at radius 1 is 1.04 bits per heavy atom. The lowest BCUT2D eigenvalue weighted by molar-refractivity contribution is -0.120. The molecule has 0 bridgehead atoms. The fourth-order valence-corrected chi connectivity index (χ4v) is 2.13. The first-order valence-electron chi connectivity index (χ1n) is 7.97. The van der Waals surface area contributed by atoms with Gasteiger partial charge in [0.2, 0.25) is 11.8 Å². The van der Waals surface area contributed by atoms with Crippen molar-refractivity contribution >= 4 is 17.9 Å². The van der Waals surface area contributed by atoms with Crippen molar-refractivity contribution in [1.82, 2.24) is 16.0 Å². The maximum Gasteiger partial charge on any atom is 0.408 e. The van der Waals surface area contributed by atoms with Crippen molar-refractivity contribution in [1.29, 1.82) is 0 Å². The van der Waals surface area contributed by atoms with Crippen molar-refractivity contribution in [2.45, 2.75) is 52.1 Å². The van der Waals surface area contributed by atoms with Crippen molar-refractivity contribution in [2.75, 3.05) is 19.6 Å². The number of hydrogen-bond donors (Lipinski definition) is 3. The fourth-order valence-electron chi connectivity index (χ4n) is 2.13. The summed E-state index contributed by atoms with van der Waals surface area (Å²) >= 11 is 0. The average Bonchev–Trinajstić information content (AvgIpc) is 2.92. The Morgan fingerprint density at radius 2 is 1.65 bits per heavy atom. The molecule has 0 aliphatic heterocycles. The van der Waals surface area contributed by atoms with E-state index in [4.69, 9.17) is 4.74 Å². The first kappa shape index (κ1) is 19.0. The van der Waals surface area contributed by atoms with E-state index in [1.807, 2.05) is 0 Å². The standard InChI is InChI=1S/C16H27N3O4/c1-16(2,3)23-15(22)19-11-14(21)18-9-8-17-13(20)10-12-6-4-5-7-12/h10H,4-9,11H2,1-3H3,(H,17,20)(H,18,21)(H,19,22). The molecule has 1 saturated carbocycles. The predicted octanol–water partition coefficient (Wildman–Crippen LogP) is 1.24. The molecule has 0 aromatic rings. The minimum atomic E-state index is -0.635. The van der Waals surface area contributed by atoms with Gasteiger partial charge in [-0.1, -0.05) is 5.57 Å². The van der Waals surface area contributed by atoms with Crippen molar-refractivity contribution in [2.24, 2.45) is 0 Å². The minimum absolute atomic E-state index is 0.122. The number of rotatable bonds is 6. The summed E-state index contributed by atoms with van der Waals surface area (Å²) in [5.74, 6) is -0.456. The zero-order valence-corrected chi connectivity index (χ0v) is 14.2. The van der Waals surface area contributed by atoms with Crippen LogP contribution in [-0.4, -0.2) is 43.1 Å². The highest BCUT2D eigenvalue weighted by Gasteiger charge is 2.16. The molecule has 0 spiro atoms. The molecule has 1 fully saturated rings. The number of carbonyl (C=O) groups is 3. The number of allylic oxidation sites excluding steroid dienone is 1. The molecule has 0 radical (unpaired) electrons. The Morgan fingerprint density at radius 3 is 2.26 bits per heavy atom. The van der Waals surface area contributed by atoms with E-state index in [1.165, 1.54) is 5.57 Å². The van der Waals surface area contributed by atoms with Gasteiger partial charge >= 0.3 is 6.09 Å². The molecule has 0 heterocycles. The van der Waals surface area contributed by atoms with Crippen LogP contribution in [-0.2, 0) is 14.3 Å². The van der Waals surface area contributed by atoms with Gasteiger partial charge in [-0.2, -0.15) is 0 Å². The van der Waals surface area contributed by atoms with Gasteiger partial charge in [0.1, 0.15) is 5.60 Å². The smallest absolute Gasteiger partial charge is 0.408 e. The third kappa shape index (κ3) is 9.55. The lowest BCUT2D eigenvalue weighted by Crippen LogP contribution is -2.41. The van der Waals surface area contributed by atoms with Gasteiger partial charge in [0.15, 0.2) is 0 Å². The van der Waals surface area contributed by atoms with Crippen LogP contribution in [0, 0.1) is 0 Å². The second kappa shape index (κ2) is 9.17. The highest BCUT2D eigenvalue weighted by molar-refractivity contribution is 5.88. The number of hydrogen-bond acceptors (Lipinski definition) is 4. The first-order chi connectivity index (χ1) is 10.8. The summed E-state index contributed by atoms with van der Waals surface area (Å²) in [7, 11) is 0. The number of nitrogens with one attached hydrogen (secondary N) is 3. The molecule has 0 unspecified atom stereocenters. The maximum atomic E-state index is 11.6. The molecule has 3 amide bonds. The molecular weight excluding hydrogens is 298 g/mol. The second-order valence-corrected chi connectivity index (χ2v) is 6.51. The van der Waals surface area contributed by atoms with E-state index in [0.29, 0.717) is 13.1 Å². The molecule has 7 nitrogen and oxygen atoms in total. The van der Waals surface area contributed by atoms with Gasteiger partial charge in [-0.25, -0.2) is 4.79 Å². The summed E-state index contributed by atoms with van der Waals surface area (Å²) in [6.45, 7) is 5.74. The Labute approximate surface area is 137 Å². The molecule has 23 heavy (non-hydrogen) atoms. The summed E-state index contributed by atoms with van der Waals surface area (Å²) in [5.41, 5.74) is 0.590. The minimum Gasteiger partial charge on any atom is -0.444 e. The van der Waals surface area contributed by atoms with E-state index in [1.54, 1.807) is 26.8 Å². The van der Waals surface area contributed by atoms with Gasteiger partial charge in [-0.05, 0) is 46.5 Å². The maximum absolute atomic E-state index is 11.6. The number of carbonyl (C=O) groups excluding carboxylic acids is 3. The lowest BCUT2D eigenvalue weighted by atomic mass is 10.2. The Kier molecular flexibility index (Phi) is 7.57. The van der Waals surface area contributed by atoms with Crippen LogP contribution in [0.25, 0.3) is 0 Å². The van der Waals surface area contributed by atoms with E-state index in [-0.39, 0.29) is 18.4 Å². The number of amides is 3. The van der Waals surface area contributed by atoms with E-state index >= 15 is 0 Å². The highest BCUT2D eigenvalue weighted by atomic mass is 16.6. The largest absolute Gasteiger partial charge is 0.444 e. The molecule has 1 rings (SSSR count). The highest BCUT2D eigenvalue weighted by Crippen LogP contribution is 2.23. The number of ether oxygens (including phenoxy) is 1. The van der Waals surface area contributed by atoms with Crippen molar-refractivity contribution in [3.63, 3.8) is 0 Å². The molecule has 0 aromatic carbocycles. The third-order valence-electron chi connectivity index (χ3n) is 3.12. The Balaban J connectivity index is 2.08. The van der Waals surface area contributed by atoms with Gasteiger partial charge < -0.3 is 20.7 Å². The van der Waals surface area contributed by atoms with Crippen LogP contribution >= 0.6 is 0 Å². The van der Waals surface area contributed by atoms with Crippen LogP contribution in [0.2, 0.25) is 0 Å². The lowest BCUT2D eigenvalue weighted by Gasteiger charge is -2.19. The van der Waals surface area contributed by atoms with Gasteiger partial charge in [0.25, 0.3) is 0 Å². The fraction of sp³-hybridized carbons (Fsp3) is 0.688. The summed E-state index contributed by atoms with van der Waals surface area (Å²) in [4.78, 5) is 34.5. The summed E-state index contributed by atoms with van der Waals surface area (Å²) < 4.78 is 5.01. The van der Waals surface area contributed by atoms with Crippen molar-refractivity contribution < 1.29 is 19.1 Å². The SMILES string of the molecule is CC(C)(C)OC(=O)NCC(=O)NCCNC(=O)C=C1CCCC1. The van der Waals surface area contributed by atoms with Crippen LogP contribution in [0.1, 0.15) is 46.5 Å². The van der Waals surface area contributed by atoms with Crippen molar-refractivity contribution in [3.05, 3.63) is 11.6 Å². The Hall–Kier alpha value is -2.05. The van der Waals surface area contributed by atoms with Crippen LogP contribution in [0.4, 0.5) is 4.79 Å². The molecule has 1 aliphatic carbocycles. The van der Waals surface area contributed by atoms with Gasteiger partial charge in [0.05, 0.1) is 6.54 Å². The molecule has 0 atom stereocenters. The van der Waals surface area contributed by atoms with Crippen LogP contribution in [0.15, 0.2) is 11.6 Å². The van der Waals surface area contributed by atoms with E-state index in [2.05, 4.69) is 16.0 Å². The van der Waals surface area contributed by atoms with Crippen molar-refractivity contribution in [3.8, 4) is 0 Å². The van der Waals surface area contributed by atoms with Gasteiger partial charge in [0, 0.05) is 19.2 Å². The van der Waals surface area contributed by atoms with Crippen LogP contribution in [0.5, 0.6) is 0 Å². The average molecular weight is 325 g/mol. The third-order valence-corrected chi connectivity index (χ3v) is 3.12. The summed E-state index contributed by atoms with van der Waals surface area (Å²) in [5, 5.41) is 7.69. The summed E-state index contributed by atoms with van der Waals surface area (Å²) in [6.07, 6.45) is 5.32. The van der Waals surface area contributed by atoms with E-state index in [0.717, 1.165) is 25.7 Å². The molecule has 7 heteroatoms. The normalized spacial score (nSPS) is 14.1. The summed E-state index contributed by atoms with van der Waals surface area (Å²) in [6, 6.07) is 0. The topological polar surface area (TPSA) is 96.5 Å². The molecule has 130 valence electrons. The monoisotopic (exact) mass is 325 g/mol. The van der Waals surface area contributed by atoms with Crippen LogP contribution in [0.3, 0.4) is 0 Å². The van der Waals surface area contributed by atoms with Gasteiger partial charge in [-0.15, -0.1) is 0 Å².